The minimum atomic E-state index is -0.161. The number of aryl methyl sites for hydroxylation is 1. The molecule has 0 saturated carbocycles. The first-order valence-corrected chi connectivity index (χ1v) is 8.81. The Morgan fingerprint density at radius 1 is 1.37 bits per heavy atom. The molecule has 2 aromatic heterocycles. The summed E-state index contributed by atoms with van der Waals surface area (Å²) in [5.41, 5.74) is 3.82. The molecule has 3 heterocycles. The van der Waals surface area contributed by atoms with Gasteiger partial charge < -0.3 is 14.6 Å². The summed E-state index contributed by atoms with van der Waals surface area (Å²) in [6.07, 6.45) is 2.03. The quantitative estimate of drug-likeness (QED) is 0.770. The number of nitriles is 1. The maximum Gasteiger partial charge on any atom is 0.241 e. The van der Waals surface area contributed by atoms with Gasteiger partial charge in [-0.3, -0.25) is 4.79 Å². The van der Waals surface area contributed by atoms with Crippen LogP contribution in [-0.2, 0) is 11.8 Å². The lowest BCUT2D eigenvalue weighted by Crippen LogP contribution is -2.26. The number of ether oxygens (including phenoxy) is 1. The molecule has 2 atom stereocenters. The molecular weight excluding hydrogens is 342 g/mol. The van der Waals surface area contributed by atoms with Crippen LogP contribution < -0.4 is 10.1 Å². The molecule has 4 rings (SSSR count). The first-order valence-electron chi connectivity index (χ1n) is 8.81. The molecule has 1 aliphatic rings. The van der Waals surface area contributed by atoms with Gasteiger partial charge in [-0.15, -0.1) is 0 Å². The summed E-state index contributed by atoms with van der Waals surface area (Å²) in [6.45, 7) is 2.58. The summed E-state index contributed by atoms with van der Waals surface area (Å²) in [5, 5.41) is 11.8. The number of carbonyl (C=O) groups is 1. The first kappa shape index (κ1) is 17.0. The van der Waals surface area contributed by atoms with Crippen molar-refractivity contribution in [3.8, 4) is 23.2 Å². The van der Waals surface area contributed by atoms with Gasteiger partial charge in [0, 0.05) is 31.5 Å². The standard InChI is InChI=1S/C20H19N5O2/c1-12(15-7-18(26)22-10-15)27-20-19-17(23-11-25(19)2)8-16(24-20)14-5-3-13(9-21)4-6-14/h3-6,8,11-12,15H,7,10H2,1-2H3,(H,22,26). The lowest BCUT2D eigenvalue weighted by atomic mass is 10.0. The Morgan fingerprint density at radius 3 is 2.81 bits per heavy atom. The molecule has 0 aliphatic carbocycles. The van der Waals surface area contributed by atoms with Crippen molar-refractivity contribution in [2.45, 2.75) is 19.4 Å². The van der Waals surface area contributed by atoms with Crippen molar-refractivity contribution in [2.75, 3.05) is 6.54 Å². The average Bonchev–Trinajstić information content (AvgIpc) is 3.28. The van der Waals surface area contributed by atoms with E-state index in [1.807, 2.05) is 36.7 Å². The molecule has 7 nitrogen and oxygen atoms in total. The van der Waals surface area contributed by atoms with Crippen LogP contribution in [0.4, 0.5) is 0 Å². The Bertz CT molecular complexity index is 1050. The topological polar surface area (TPSA) is 92.8 Å². The van der Waals surface area contributed by atoms with Gasteiger partial charge in [-0.1, -0.05) is 12.1 Å². The zero-order valence-electron chi connectivity index (χ0n) is 15.1. The summed E-state index contributed by atoms with van der Waals surface area (Å²) >= 11 is 0. The number of carbonyl (C=O) groups excluding carboxylic acids is 1. The van der Waals surface area contributed by atoms with Crippen LogP contribution in [0.2, 0.25) is 0 Å². The second kappa shape index (κ2) is 6.72. The van der Waals surface area contributed by atoms with Gasteiger partial charge in [0.1, 0.15) is 11.6 Å². The molecule has 1 amide bonds. The molecule has 0 radical (unpaired) electrons. The SMILES string of the molecule is CC(Oc1nc(-c2ccc(C#N)cc2)cc2ncn(C)c12)C1CNC(=O)C1. The highest BCUT2D eigenvalue weighted by Crippen LogP contribution is 2.30. The largest absolute Gasteiger partial charge is 0.473 e. The Labute approximate surface area is 156 Å². The summed E-state index contributed by atoms with van der Waals surface area (Å²) in [5.74, 6) is 0.667. The number of imidazole rings is 1. The molecule has 136 valence electrons. The Kier molecular flexibility index (Phi) is 4.24. The number of fused-ring (bicyclic) bond motifs is 1. The fourth-order valence-corrected chi connectivity index (χ4v) is 3.32. The van der Waals surface area contributed by atoms with Crippen LogP contribution in [0.3, 0.4) is 0 Å². The minimum absolute atomic E-state index is 0.0559. The average molecular weight is 361 g/mol. The Morgan fingerprint density at radius 2 is 2.15 bits per heavy atom. The van der Waals surface area contributed by atoms with Crippen molar-refractivity contribution >= 4 is 16.9 Å². The van der Waals surface area contributed by atoms with Gasteiger partial charge in [0.25, 0.3) is 0 Å². The van der Waals surface area contributed by atoms with E-state index in [9.17, 15) is 4.79 Å². The van der Waals surface area contributed by atoms with Crippen LogP contribution in [0, 0.1) is 17.2 Å². The van der Waals surface area contributed by atoms with Crippen LogP contribution in [-0.4, -0.2) is 33.1 Å². The molecule has 7 heteroatoms. The van der Waals surface area contributed by atoms with E-state index in [1.165, 1.54) is 0 Å². The number of hydrogen-bond acceptors (Lipinski definition) is 5. The van der Waals surface area contributed by atoms with E-state index < -0.39 is 0 Å². The number of benzene rings is 1. The van der Waals surface area contributed by atoms with Crippen molar-refractivity contribution in [3.05, 3.63) is 42.2 Å². The van der Waals surface area contributed by atoms with Crippen molar-refractivity contribution in [1.29, 1.82) is 5.26 Å². The van der Waals surface area contributed by atoms with Crippen molar-refractivity contribution in [3.63, 3.8) is 0 Å². The third-order valence-corrected chi connectivity index (χ3v) is 4.94. The molecule has 1 fully saturated rings. The van der Waals surface area contributed by atoms with E-state index >= 15 is 0 Å². The number of rotatable bonds is 4. The molecule has 1 aromatic carbocycles. The summed E-state index contributed by atoms with van der Waals surface area (Å²) in [6, 6.07) is 11.3. The minimum Gasteiger partial charge on any atom is -0.473 e. The molecule has 1 N–H and O–H groups in total. The normalized spacial score (nSPS) is 17.5. The molecule has 1 saturated heterocycles. The summed E-state index contributed by atoms with van der Waals surface area (Å²) in [4.78, 5) is 20.7. The number of nitrogens with one attached hydrogen (secondary N) is 1. The van der Waals surface area contributed by atoms with Crippen molar-refractivity contribution < 1.29 is 9.53 Å². The van der Waals surface area contributed by atoms with Gasteiger partial charge in [-0.25, -0.2) is 9.97 Å². The van der Waals surface area contributed by atoms with E-state index in [0.717, 1.165) is 22.3 Å². The second-order valence-electron chi connectivity index (χ2n) is 6.82. The molecule has 0 bridgehead atoms. The van der Waals surface area contributed by atoms with E-state index in [2.05, 4.69) is 16.4 Å². The zero-order chi connectivity index (χ0) is 19.0. The van der Waals surface area contributed by atoms with Crippen LogP contribution in [0.15, 0.2) is 36.7 Å². The monoisotopic (exact) mass is 361 g/mol. The summed E-state index contributed by atoms with van der Waals surface area (Å²) in [7, 11) is 1.90. The van der Waals surface area contributed by atoms with Crippen LogP contribution in [0.5, 0.6) is 5.88 Å². The number of nitrogens with zero attached hydrogens (tertiary/aromatic N) is 4. The zero-order valence-corrected chi connectivity index (χ0v) is 15.1. The van der Waals surface area contributed by atoms with Gasteiger partial charge in [-0.2, -0.15) is 5.26 Å². The lowest BCUT2D eigenvalue weighted by Gasteiger charge is -2.20. The van der Waals surface area contributed by atoms with Crippen molar-refractivity contribution in [1.82, 2.24) is 19.9 Å². The molecular formula is C20H19N5O2. The van der Waals surface area contributed by atoms with Crippen LogP contribution in [0.25, 0.3) is 22.3 Å². The van der Waals surface area contributed by atoms with Gasteiger partial charge >= 0.3 is 0 Å². The Balaban J connectivity index is 1.72. The number of amides is 1. The highest BCUT2D eigenvalue weighted by Gasteiger charge is 2.29. The van der Waals surface area contributed by atoms with Gasteiger partial charge in [0.15, 0.2) is 0 Å². The van der Waals surface area contributed by atoms with E-state index in [4.69, 9.17) is 15.0 Å². The predicted octanol–water partition coefficient (Wildman–Crippen LogP) is 2.41. The fourth-order valence-electron chi connectivity index (χ4n) is 3.32. The maximum absolute atomic E-state index is 11.5. The number of pyridine rings is 1. The lowest BCUT2D eigenvalue weighted by molar-refractivity contribution is -0.119. The molecule has 3 aromatic rings. The van der Waals surface area contributed by atoms with E-state index in [1.54, 1.807) is 18.5 Å². The second-order valence-corrected chi connectivity index (χ2v) is 6.82. The van der Waals surface area contributed by atoms with Crippen LogP contribution >= 0.6 is 0 Å². The molecule has 27 heavy (non-hydrogen) atoms. The first-order chi connectivity index (χ1) is 13.0. The van der Waals surface area contributed by atoms with Gasteiger partial charge in [-0.05, 0) is 25.1 Å². The number of aromatic nitrogens is 3. The highest BCUT2D eigenvalue weighted by atomic mass is 16.5. The fraction of sp³-hybridized carbons (Fsp3) is 0.300. The van der Waals surface area contributed by atoms with Gasteiger partial charge in [0.05, 0.1) is 29.2 Å². The highest BCUT2D eigenvalue weighted by molar-refractivity contribution is 5.84. The predicted molar refractivity (Wildman–Crippen MR) is 99.9 cm³/mol. The Hall–Kier alpha value is -3.40. The third-order valence-electron chi connectivity index (χ3n) is 4.94. The molecule has 1 aliphatic heterocycles. The van der Waals surface area contributed by atoms with Gasteiger partial charge in [0.2, 0.25) is 11.8 Å². The summed E-state index contributed by atoms with van der Waals surface area (Å²) < 4.78 is 8.07. The van der Waals surface area contributed by atoms with Crippen LogP contribution in [0.1, 0.15) is 18.9 Å². The third kappa shape index (κ3) is 3.22. The van der Waals surface area contributed by atoms with Crippen molar-refractivity contribution in [2.24, 2.45) is 13.0 Å². The molecule has 0 spiro atoms. The molecule has 2 unspecified atom stereocenters. The number of hydrogen-bond donors (Lipinski definition) is 1. The maximum atomic E-state index is 11.5. The van der Waals surface area contributed by atoms with E-state index in [-0.39, 0.29) is 17.9 Å². The van der Waals surface area contributed by atoms with E-state index in [0.29, 0.717) is 24.4 Å². The smallest absolute Gasteiger partial charge is 0.241 e.